The number of esters is 1. The number of methoxy groups -OCH3 is 1. The number of benzene rings is 1. The minimum absolute atomic E-state index is 0.352. The average Bonchev–Trinajstić information content (AvgIpc) is 2.17. The molecule has 13 heavy (non-hydrogen) atoms. The van der Waals surface area contributed by atoms with Crippen LogP contribution in [0.3, 0.4) is 0 Å². The Balaban J connectivity index is 3.20. The second-order valence-corrected chi connectivity index (χ2v) is 2.67. The molecule has 0 amide bonds. The third-order valence-electron chi connectivity index (χ3n) is 1.81. The van der Waals surface area contributed by atoms with Gasteiger partial charge in [0.25, 0.3) is 0 Å². The van der Waals surface area contributed by atoms with Crippen molar-refractivity contribution in [3.8, 4) is 12.3 Å². The van der Waals surface area contributed by atoms with Crippen molar-refractivity contribution in [1.29, 1.82) is 0 Å². The van der Waals surface area contributed by atoms with Crippen LogP contribution in [0.1, 0.15) is 21.5 Å². The third kappa shape index (κ3) is 1.88. The second-order valence-electron chi connectivity index (χ2n) is 2.67. The molecular weight excluding hydrogens is 164 g/mol. The van der Waals surface area contributed by atoms with Crippen LogP contribution in [0.2, 0.25) is 0 Å². The number of carbonyl (C=O) groups is 1. The molecule has 0 spiro atoms. The van der Waals surface area contributed by atoms with Crippen molar-refractivity contribution in [3.63, 3.8) is 0 Å². The number of hydrogen-bond donors (Lipinski definition) is 0. The van der Waals surface area contributed by atoms with Gasteiger partial charge in [0.1, 0.15) is 0 Å². The SMILES string of the molecule is C#Cc1ccc(C)c(C(=O)OC)c1. The Kier molecular flexibility index (Phi) is 2.71. The normalized spacial score (nSPS) is 9.00. The molecule has 66 valence electrons. The molecule has 0 saturated heterocycles. The molecule has 1 rings (SSSR count). The van der Waals surface area contributed by atoms with Crippen molar-refractivity contribution in [2.45, 2.75) is 6.92 Å². The lowest BCUT2D eigenvalue weighted by Gasteiger charge is -2.03. The van der Waals surface area contributed by atoms with Crippen LogP contribution in [0.4, 0.5) is 0 Å². The fourth-order valence-corrected chi connectivity index (χ4v) is 1.04. The van der Waals surface area contributed by atoms with Crippen molar-refractivity contribution in [1.82, 2.24) is 0 Å². The standard InChI is InChI=1S/C11H10O2/c1-4-9-6-5-8(2)10(7-9)11(12)13-3/h1,5-7H,2-3H3. The first-order valence-corrected chi connectivity index (χ1v) is 3.84. The topological polar surface area (TPSA) is 26.3 Å². The quantitative estimate of drug-likeness (QED) is 0.479. The van der Waals surface area contributed by atoms with Gasteiger partial charge in [-0.25, -0.2) is 4.79 Å². The van der Waals surface area contributed by atoms with Gasteiger partial charge < -0.3 is 4.74 Å². The van der Waals surface area contributed by atoms with E-state index in [4.69, 9.17) is 6.42 Å². The maximum absolute atomic E-state index is 11.2. The number of aryl methyl sites for hydroxylation is 1. The highest BCUT2D eigenvalue weighted by molar-refractivity contribution is 5.91. The lowest BCUT2D eigenvalue weighted by atomic mass is 10.1. The predicted molar refractivity (Wildman–Crippen MR) is 50.5 cm³/mol. The van der Waals surface area contributed by atoms with E-state index in [-0.39, 0.29) is 5.97 Å². The highest BCUT2D eigenvalue weighted by atomic mass is 16.5. The number of hydrogen-bond acceptors (Lipinski definition) is 2. The maximum Gasteiger partial charge on any atom is 0.338 e. The largest absolute Gasteiger partial charge is 0.465 e. The third-order valence-corrected chi connectivity index (χ3v) is 1.81. The Hall–Kier alpha value is -1.75. The molecule has 0 aliphatic heterocycles. The van der Waals surface area contributed by atoms with Crippen LogP contribution >= 0.6 is 0 Å². The summed E-state index contributed by atoms with van der Waals surface area (Å²) >= 11 is 0. The molecule has 0 fully saturated rings. The Bertz CT molecular complexity index is 372. The zero-order valence-corrected chi connectivity index (χ0v) is 7.63. The zero-order chi connectivity index (χ0) is 9.84. The first-order chi connectivity index (χ1) is 6.19. The highest BCUT2D eigenvalue weighted by Gasteiger charge is 2.08. The lowest BCUT2D eigenvalue weighted by molar-refractivity contribution is 0.0600. The number of rotatable bonds is 1. The Morgan fingerprint density at radius 2 is 2.23 bits per heavy atom. The first kappa shape index (κ1) is 9.34. The lowest BCUT2D eigenvalue weighted by Crippen LogP contribution is -2.03. The summed E-state index contributed by atoms with van der Waals surface area (Å²) in [6.07, 6.45) is 5.21. The molecule has 0 aromatic heterocycles. The minimum atomic E-state index is -0.352. The van der Waals surface area contributed by atoms with Crippen LogP contribution in [-0.4, -0.2) is 13.1 Å². The fraction of sp³-hybridized carbons (Fsp3) is 0.182. The van der Waals surface area contributed by atoms with Gasteiger partial charge >= 0.3 is 5.97 Å². The smallest absolute Gasteiger partial charge is 0.338 e. The van der Waals surface area contributed by atoms with Gasteiger partial charge in [-0.3, -0.25) is 0 Å². The monoisotopic (exact) mass is 174 g/mol. The molecule has 0 heterocycles. The molecule has 0 aliphatic rings. The Labute approximate surface area is 77.5 Å². The predicted octanol–water partition coefficient (Wildman–Crippen LogP) is 1.76. The summed E-state index contributed by atoms with van der Waals surface area (Å²) in [6, 6.07) is 5.25. The second kappa shape index (κ2) is 3.77. The highest BCUT2D eigenvalue weighted by Crippen LogP contribution is 2.11. The van der Waals surface area contributed by atoms with Crippen LogP contribution in [-0.2, 0) is 4.74 Å². The molecule has 1 aromatic carbocycles. The summed E-state index contributed by atoms with van der Waals surface area (Å²) in [5.41, 5.74) is 2.08. The van der Waals surface area contributed by atoms with Crippen molar-refractivity contribution in [3.05, 3.63) is 34.9 Å². The van der Waals surface area contributed by atoms with Crippen molar-refractivity contribution < 1.29 is 9.53 Å². The Morgan fingerprint density at radius 3 is 2.77 bits per heavy atom. The first-order valence-electron chi connectivity index (χ1n) is 3.84. The molecule has 0 unspecified atom stereocenters. The molecule has 2 heteroatoms. The van der Waals surface area contributed by atoms with Crippen molar-refractivity contribution in [2.24, 2.45) is 0 Å². The van der Waals surface area contributed by atoms with E-state index in [2.05, 4.69) is 10.7 Å². The number of carbonyl (C=O) groups excluding carboxylic acids is 1. The van der Waals surface area contributed by atoms with Gasteiger partial charge in [0.15, 0.2) is 0 Å². The summed E-state index contributed by atoms with van der Waals surface area (Å²) in [5, 5.41) is 0. The molecule has 1 aromatic rings. The summed E-state index contributed by atoms with van der Waals surface area (Å²) in [7, 11) is 1.35. The van der Waals surface area contributed by atoms with Gasteiger partial charge in [0, 0.05) is 5.56 Å². The van der Waals surface area contributed by atoms with Gasteiger partial charge in [-0.15, -0.1) is 6.42 Å². The van der Waals surface area contributed by atoms with Crippen LogP contribution in [0.5, 0.6) is 0 Å². The van der Waals surface area contributed by atoms with Crippen LogP contribution < -0.4 is 0 Å². The average molecular weight is 174 g/mol. The zero-order valence-electron chi connectivity index (χ0n) is 7.63. The van der Waals surface area contributed by atoms with Crippen LogP contribution in [0.25, 0.3) is 0 Å². The molecule has 0 atom stereocenters. The van der Waals surface area contributed by atoms with Crippen molar-refractivity contribution >= 4 is 5.97 Å². The summed E-state index contributed by atoms with van der Waals surface area (Å²) < 4.78 is 4.61. The van der Waals surface area contributed by atoms with Crippen LogP contribution in [0.15, 0.2) is 18.2 Å². The van der Waals surface area contributed by atoms with E-state index in [1.165, 1.54) is 7.11 Å². The number of terminal acetylenes is 1. The van der Waals surface area contributed by atoms with Gasteiger partial charge in [-0.1, -0.05) is 12.0 Å². The van der Waals surface area contributed by atoms with E-state index >= 15 is 0 Å². The Morgan fingerprint density at radius 1 is 1.54 bits per heavy atom. The van der Waals surface area contributed by atoms with E-state index in [0.29, 0.717) is 11.1 Å². The molecule has 0 radical (unpaired) electrons. The summed E-state index contributed by atoms with van der Waals surface area (Å²) in [4.78, 5) is 11.2. The molecular formula is C11H10O2. The van der Waals surface area contributed by atoms with Gasteiger partial charge in [0.2, 0.25) is 0 Å². The van der Waals surface area contributed by atoms with E-state index in [1.807, 2.05) is 6.92 Å². The molecule has 0 N–H and O–H groups in total. The van der Waals surface area contributed by atoms with E-state index in [9.17, 15) is 4.79 Å². The van der Waals surface area contributed by atoms with Crippen molar-refractivity contribution in [2.75, 3.05) is 7.11 Å². The maximum atomic E-state index is 11.2. The summed E-state index contributed by atoms with van der Waals surface area (Å²) in [6.45, 7) is 1.84. The molecule has 0 bridgehead atoms. The minimum Gasteiger partial charge on any atom is -0.465 e. The van der Waals surface area contributed by atoms with Gasteiger partial charge in [-0.05, 0) is 24.6 Å². The van der Waals surface area contributed by atoms with Gasteiger partial charge in [0.05, 0.1) is 12.7 Å². The van der Waals surface area contributed by atoms with E-state index in [0.717, 1.165) is 5.56 Å². The van der Waals surface area contributed by atoms with E-state index in [1.54, 1.807) is 18.2 Å². The fourth-order valence-electron chi connectivity index (χ4n) is 1.04. The molecule has 0 saturated carbocycles. The molecule has 2 nitrogen and oxygen atoms in total. The summed E-state index contributed by atoms with van der Waals surface area (Å²) in [5.74, 6) is 2.11. The van der Waals surface area contributed by atoms with E-state index < -0.39 is 0 Å². The number of ether oxygens (including phenoxy) is 1. The van der Waals surface area contributed by atoms with Gasteiger partial charge in [-0.2, -0.15) is 0 Å². The van der Waals surface area contributed by atoms with Crippen LogP contribution in [0, 0.1) is 19.3 Å². The molecule has 0 aliphatic carbocycles.